The summed E-state index contributed by atoms with van der Waals surface area (Å²) in [6, 6.07) is 8.72. The molecule has 1 aromatic heterocycles. The Hall–Kier alpha value is -1.61. The van der Waals surface area contributed by atoms with Gasteiger partial charge in [-0.3, -0.25) is 0 Å². The van der Waals surface area contributed by atoms with Crippen LogP contribution in [0.15, 0.2) is 36.8 Å². The van der Waals surface area contributed by atoms with Crippen LogP contribution < -0.4 is 5.32 Å². The molecule has 3 nitrogen and oxygen atoms in total. The van der Waals surface area contributed by atoms with Gasteiger partial charge in [-0.1, -0.05) is 31.5 Å². The minimum Gasteiger partial charge on any atom is -0.317 e. The first-order valence-electron chi connectivity index (χ1n) is 7.71. The molecule has 0 bridgehead atoms. The molecule has 0 atom stereocenters. The lowest BCUT2D eigenvalue weighted by molar-refractivity contribution is 0.449. The van der Waals surface area contributed by atoms with Crippen molar-refractivity contribution in [3.8, 4) is 5.69 Å². The number of imidazole rings is 1. The van der Waals surface area contributed by atoms with Crippen molar-refractivity contribution in [3.63, 3.8) is 0 Å². The number of rotatable bonds is 4. The van der Waals surface area contributed by atoms with E-state index < -0.39 is 0 Å². The summed E-state index contributed by atoms with van der Waals surface area (Å²) in [5.74, 6) is 0.633. The number of benzene rings is 1. The molecule has 106 valence electrons. The summed E-state index contributed by atoms with van der Waals surface area (Å²) in [6.45, 7) is 4.47. The van der Waals surface area contributed by atoms with Crippen LogP contribution in [0.4, 0.5) is 0 Å². The molecule has 0 radical (unpaired) electrons. The Morgan fingerprint density at radius 3 is 2.85 bits per heavy atom. The summed E-state index contributed by atoms with van der Waals surface area (Å²) in [7, 11) is 0. The molecule has 1 N–H and O–H groups in total. The van der Waals surface area contributed by atoms with Gasteiger partial charge >= 0.3 is 0 Å². The molecular formula is C17H23N3. The highest BCUT2D eigenvalue weighted by molar-refractivity contribution is 5.43. The normalized spacial score (nSPS) is 16.4. The highest BCUT2D eigenvalue weighted by atomic mass is 15.1. The number of piperidine rings is 1. The fourth-order valence-corrected chi connectivity index (χ4v) is 3.15. The molecule has 1 aromatic carbocycles. The fraction of sp³-hybridized carbons (Fsp3) is 0.471. The lowest BCUT2D eigenvalue weighted by atomic mass is 9.94. The van der Waals surface area contributed by atoms with Gasteiger partial charge in [0, 0.05) is 23.5 Å². The first kappa shape index (κ1) is 13.4. The summed E-state index contributed by atoms with van der Waals surface area (Å²) >= 11 is 0. The number of aromatic nitrogens is 2. The Labute approximate surface area is 121 Å². The standard InChI is InChI=1S/C17H23N3/c1-2-5-14-6-3-4-7-16(14)20-13-19-12-17(20)15-8-10-18-11-9-15/h3-4,6-7,12-13,15,18H,2,5,8-11H2,1H3. The van der Waals surface area contributed by atoms with Gasteiger partial charge in [0.1, 0.15) is 0 Å². The van der Waals surface area contributed by atoms with Crippen LogP contribution in [-0.4, -0.2) is 22.6 Å². The van der Waals surface area contributed by atoms with E-state index in [1.54, 1.807) is 0 Å². The second-order valence-corrected chi connectivity index (χ2v) is 5.59. The molecule has 0 unspecified atom stereocenters. The van der Waals surface area contributed by atoms with Crippen LogP contribution in [0.5, 0.6) is 0 Å². The minimum atomic E-state index is 0.633. The van der Waals surface area contributed by atoms with Gasteiger partial charge in [0.2, 0.25) is 0 Å². The van der Waals surface area contributed by atoms with Crippen LogP contribution in [0, 0.1) is 0 Å². The number of para-hydroxylation sites is 1. The van der Waals surface area contributed by atoms with Gasteiger partial charge in [-0.05, 0) is 44.0 Å². The first-order chi connectivity index (χ1) is 9.90. The molecule has 20 heavy (non-hydrogen) atoms. The van der Waals surface area contributed by atoms with Gasteiger partial charge < -0.3 is 9.88 Å². The quantitative estimate of drug-likeness (QED) is 0.923. The Bertz CT molecular complexity index is 553. The predicted octanol–water partition coefficient (Wildman–Crippen LogP) is 3.29. The number of hydrogen-bond donors (Lipinski definition) is 1. The summed E-state index contributed by atoms with van der Waals surface area (Å²) in [4.78, 5) is 4.42. The van der Waals surface area contributed by atoms with E-state index in [1.165, 1.54) is 36.2 Å². The maximum absolute atomic E-state index is 4.42. The summed E-state index contributed by atoms with van der Waals surface area (Å²) in [5.41, 5.74) is 4.10. The third-order valence-electron chi connectivity index (χ3n) is 4.20. The Morgan fingerprint density at radius 1 is 1.25 bits per heavy atom. The third-order valence-corrected chi connectivity index (χ3v) is 4.20. The Balaban J connectivity index is 1.96. The molecule has 2 aromatic rings. The van der Waals surface area contributed by atoms with Gasteiger partial charge in [0.25, 0.3) is 0 Å². The van der Waals surface area contributed by atoms with Gasteiger partial charge in [-0.15, -0.1) is 0 Å². The van der Waals surface area contributed by atoms with E-state index in [-0.39, 0.29) is 0 Å². The highest BCUT2D eigenvalue weighted by Crippen LogP contribution is 2.28. The van der Waals surface area contributed by atoms with Crippen molar-refractivity contribution in [3.05, 3.63) is 48.0 Å². The molecular weight excluding hydrogens is 246 g/mol. The van der Waals surface area contributed by atoms with Gasteiger partial charge in [0.15, 0.2) is 0 Å². The molecule has 3 heteroatoms. The average molecular weight is 269 g/mol. The van der Waals surface area contributed by atoms with Gasteiger partial charge in [-0.2, -0.15) is 0 Å². The largest absolute Gasteiger partial charge is 0.317 e. The molecule has 2 heterocycles. The van der Waals surface area contributed by atoms with Crippen molar-refractivity contribution in [2.45, 2.75) is 38.5 Å². The first-order valence-corrected chi connectivity index (χ1v) is 7.71. The average Bonchev–Trinajstić information content (AvgIpc) is 2.98. The lowest BCUT2D eigenvalue weighted by Gasteiger charge is -2.24. The van der Waals surface area contributed by atoms with Crippen LogP contribution in [0.2, 0.25) is 0 Å². The van der Waals surface area contributed by atoms with E-state index in [2.05, 4.69) is 52.3 Å². The molecule has 1 fully saturated rings. The van der Waals surface area contributed by atoms with E-state index in [9.17, 15) is 0 Å². The summed E-state index contributed by atoms with van der Waals surface area (Å²) < 4.78 is 2.31. The zero-order valence-electron chi connectivity index (χ0n) is 12.2. The molecule has 1 aliphatic heterocycles. The second-order valence-electron chi connectivity index (χ2n) is 5.59. The zero-order chi connectivity index (χ0) is 13.8. The van der Waals surface area contributed by atoms with Crippen molar-refractivity contribution in [1.82, 2.24) is 14.9 Å². The van der Waals surface area contributed by atoms with E-state index in [4.69, 9.17) is 0 Å². The van der Waals surface area contributed by atoms with E-state index >= 15 is 0 Å². The number of aryl methyl sites for hydroxylation is 1. The molecule has 0 aliphatic carbocycles. The van der Waals surface area contributed by atoms with E-state index in [0.29, 0.717) is 5.92 Å². The Kier molecular flexibility index (Phi) is 4.16. The van der Waals surface area contributed by atoms with Crippen molar-refractivity contribution >= 4 is 0 Å². The smallest absolute Gasteiger partial charge is 0.0994 e. The summed E-state index contributed by atoms with van der Waals surface area (Å²) in [6.07, 6.45) is 8.75. The lowest BCUT2D eigenvalue weighted by Crippen LogP contribution is -2.27. The zero-order valence-corrected chi connectivity index (χ0v) is 12.2. The maximum atomic E-state index is 4.42. The topological polar surface area (TPSA) is 29.9 Å². The van der Waals surface area contributed by atoms with Crippen LogP contribution in [0.1, 0.15) is 43.4 Å². The number of hydrogen-bond acceptors (Lipinski definition) is 2. The van der Waals surface area contributed by atoms with Crippen LogP contribution in [-0.2, 0) is 6.42 Å². The van der Waals surface area contributed by atoms with Crippen LogP contribution >= 0.6 is 0 Å². The minimum absolute atomic E-state index is 0.633. The van der Waals surface area contributed by atoms with Crippen LogP contribution in [0.25, 0.3) is 5.69 Å². The third kappa shape index (κ3) is 2.63. The SMILES string of the molecule is CCCc1ccccc1-n1cncc1C1CCNCC1. The maximum Gasteiger partial charge on any atom is 0.0994 e. The Morgan fingerprint density at radius 2 is 2.05 bits per heavy atom. The molecule has 1 aliphatic rings. The molecule has 1 saturated heterocycles. The molecule has 0 spiro atoms. The monoisotopic (exact) mass is 269 g/mol. The number of nitrogens with one attached hydrogen (secondary N) is 1. The van der Waals surface area contributed by atoms with Crippen molar-refractivity contribution in [1.29, 1.82) is 0 Å². The summed E-state index contributed by atoms with van der Waals surface area (Å²) in [5, 5.41) is 3.44. The second kappa shape index (κ2) is 6.23. The van der Waals surface area contributed by atoms with Crippen LogP contribution in [0.3, 0.4) is 0 Å². The van der Waals surface area contributed by atoms with E-state index in [0.717, 1.165) is 19.5 Å². The fourth-order valence-electron chi connectivity index (χ4n) is 3.15. The van der Waals surface area contributed by atoms with Crippen molar-refractivity contribution in [2.75, 3.05) is 13.1 Å². The molecule has 3 rings (SSSR count). The predicted molar refractivity (Wildman–Crippen MR) is 82.4 cm³/mol. The highest BCUT2D eigenvalue weighted by Gasteiger charge is 2.20. The van der Waals surface area contributed by atoms with Crippen molar-refractivity contribution in [2.24, 2.45) is 0 Å². The van der Waals surface area contributed by atoms with Gasteiger partial charge in [0.05, 0.1) is 6.33 Å². The molecule has 0 amide bonds. The van der Waals surface area contributed by atoms with Gasteiger partial charge in [-0.25, -0.2) is 4.98 Å². The van der Waals surface area contributed by atoms with E-state index in [1.807, 2.05) is 6.33 Å². The number of nitrogens with zero attached hydrogens (tertiary/aromatic N) is 2. The van der Waals surface area contributed by atoms with Crippen molar-refractivity contribution < 1.29 is 0 Å². The molecule has 0 saturated carbocycles.